The average molecular weight is 288 g/mol. The maximum atomic E-state index is 9.63. The van der Waals surface area contributed by atoms with Crippen molar-refractivity contribution in [3.8, 4) is 5.75 Å². The van der Waals surface area contributed by atoms with E-state index in [2.05, 4.69) is 21.2 Å². The maximum absolute atomic E-state index is 9.63. The molecular weight excluding hydrogens is 270 g/mol. The molecule has 0 aliphatic carbocycles. The second-order valence-electron chi connectivity index (χ2n) is 4.10. The predicted octanol–water partition coefficient (Wildman–Crippen LogP) is 2.26. The quantitative estimate of drug-likeness (QED) is 0.779. The highest BCUT2D eigenvalue weighted by Gasteiger charge is 2.11. The molecule has 0 saturated carbocycles. The number of nitrogens with one attached hydrogen (secondary N) is 1. The lowest BCUT2D eigenvalue weighted by molar-refractivity contribution is 0.207. The van der Waals surface area contributed by atoms with Gasteiger partial charge in [-0.05, 0) is 31.0 Å². The van der Waals surface area contributed by atoms with Crippen LogP contribution in [0.2, 0.25) is 0 Å². The summed E-state index contributed by atoms with van der Waals surface area (Å²) in [6.45, 7) is 4.77. The van der Waals surface area contributed by atoms with E-state index in [1.165, 1.54) is 0 Å². The Morgan fingerprint density at radius 1 is 1.38 bits per heavy atom. The molecule has 2 unspecified atom stereocenters. The third kappa shape index (κ3) is 3.77. The van der Waals surface area contributed by atoms with Crippen LogP contribution in [0.1, 0.15) is 19.4 Å². The molecule has 1 aromatic rings. The molecule has 0 aliphatic rings. The maximum Gasteiger partial charge on any atom is 0.120 e. The van der Waals surface area contributed by atoms with Crippen molar-refractivity contribution in [1.82, 2.24) is 5.32 Å². The number of benzene rings is 1. The summed E-state index contributed by atoms with van der Waals surface area (Å²) in [5.74, 6) is 0.494. The van der Waals surface area contributed by atoms with E-state index < -0.39 is 0 Å². The Balaban J connectivity index is 2.57. The second-order valence-corrected chi connectivity index (χ2v) is 5.02. The number of hydrogen-bond acceptors (Lipinski definition) is 3. The van der Waals surface area contributed by atoms with E-state index >= 15 is 0 Å². The molecule has 90 valence electrons. The second kappa shape index (κ2) is 6.23. The zero-order valence-corrected chi connectivity index (χ0v) is 11.2. The van der Waals surface area contributed by atoms with Crippen LogP contribution >= 0.6 is 15.9 Å². The number of aromatic hydroxyl groups is 1. The van der Waals surface area contributed by atoms with E-state index in [9.17, 15) is 5.11 Å². The van der Waals surface area contributed by atoms with Gasteiger partial charge in [0.1, 0.15) is 5.75 Å². The number of phenolic OH excluding ortho intramolecular Hbond substituents is 1. The van der Waals surface area contributed by atoms with Crippen LogP contribution in [-0.4, -0.2) is 22.9 Å². The van der Waals surface area contributed by atoms with Gasteiger partial charge in [-0.15, -0.1) is 0 Å². The zero-order chi connectivity index (χ0) is 12.1. The molecule has 2 atom stereocenters. The van der Waals surface area contributed by atoms with Gasteiger partial charge in [-0.3, -0.25) is 0 Å². The van der Waals surface area contributed by atoms with Crippen LogP contribution in [0.15, 0.2) is 22.7 Å². The van der Waals surface area contributed by atoms with Crippen molar-refractivity contribution in [2.75, 3.05) is 6.61 Å². The highest BCUT2D eigenvalue weighted by atomic mass is 79.9. The van der Waals surface area contributed by atoms with Crippen LogP contribution in [0.4, 0.5) is 0 Å². The number of halogens is 1. The van der Waals surface area contributed by atoms with Crippen LogP contribution in [0.25, 0.3) is 0 Å². The van der Waals surface area contributed by atoms with Gasteiger partial charge in [0.05, 0.1) is 0 Å². The lowest BCUT2D eigenvalue weighted by Gasteiger charge is -2.19. The van der Waals surface area contributed by atoms with Crippen molar-refractivity contribution in [2.45, 2.75) is 26.4 Å². The van der Waals surface area contributed by atoms with E-state index in [0.29, 0.717) is 12.3 Å². The summed E-state index contributed by atoms with van der Waals surface area (Å²) in [6.07, 6.45) is 0. The van der Waals surface area contributed by atoms with Crippen LogP contribution < -0.4 is 5.32 Å². The molecule has 4 heteroatoms. The molecule has 3 nitrogen and oxygen atoms in total. The topological polar surface area (TPSA) is 52.5 Å². The number of rotatable bonds is 5. The molecule has 0 saturated heterocycles. The average Bonchev–Trinajstić information content (AvgIpc) is 2.28. The fourth-order valence-corrected chi connectivity index (χ4v) is 1.73. The van der Waals surface area contributed by atoms with Crippen LogP contribution in [0.5, 0.6) is 5.75 Å². The van der Waals surface area contributed by atoms with Gasteiger partial charge < -0.3 is 15.5 Å². The van der Waals surface area contributed by atoms with E-state index in [4.69, 9.17) is 5.11 Å². The first-order valence-corrected chi connectivity index (χ1v) is 6.15. The third-order valence-corrected chi connectivity index (χ3v) is 3.29. The van der Waals surface area contributed by atoms with Crippen LogP contribution in [0, 0.1) is 5.92 Å². The monoisotopic (exact) mass is 287 g/mol. The first-order valence-electron chi connectivity index (χ1n) is 5.36. The summed E-state index contributed by atoms with van der Waals surface area (Å²) in [7, 11) is 0. The first-order chi connectivity index (χ1) is 7.54. The van der Waals surface area contributed by atoms with E-state index in [1.54, 1.807) is 12.1 Å². The molecule has 0 amide bonds. The van der Waals surface area contributed by atoms with Gasteiger partial charge in [0.25, 0.3) is 0 Å². The summed E-state index contributed by atoms with van der Waals surface area (Å²) >= 11 is 3.37. The molecule has 0 bridgehead atoms. The smallest absolute Gasteiger partial charge is 0.120 e. The predicted molar refractivity (Wildman–Crippen MR) is 68.4 cm³/mol. The zero-order valence-electron chi connectivity index (χ0n) is 9.57. The first kappa shape index (κ1) is 13.5. The molecule has 0 radical (unpaired) electrons. The number of aliphatic hydroxyl groups is 1. The Morgan fingerprint density at radius 3 is 2.69 bits per heavy atom. The summed E-state index contributed by atoms with van der Waals surface area (Å²) in [6, 6.07) is 5.57. The van der Waals surface area contributed by atoms with E-state index in [1.807, 2.05) is 19.9 Å². The largest absolute Gasteiger partial charge is 0.508 e. The van der Waals surface area contributed by atoms with Gasteiger partial charge in [0.2, 0.25) is 0 Å². The molecular formula is C12H18BrNO2. The minimum absolute atomic E-state index is 0.165. The van der Waals surface area contributed by atoms with Gasteiger partial charge in [0, 0.05) is 29.2 Å². The molecule has 1 rings (SSSR count). The lowest BCUT2D eigenvalue weighted by atomic mass is 10.0. The summed E-state index contributed by atoms with van der Waals surface area (Å²) in [5.41, 5.74) is 0.853. The van der Waals surface area contributed by atoms with Crippen molar-refractivity contribution in [2.24, 2.45) is 5.92 Å². The standard InChI is InChI=1S/C12H18BrNO2/c1-8(7-15)9(2)14-6-10-5-11(13)3-4-12(10)16/h3-5,8-9,14-16H,6-7H2,1-2H3. The SMILES string of the molecule is CC(CO)C(C)NCc1cc(Br)ccc1O. The molecule has 0 spiro atoms. The minimum Gasteiger partial charge on any atom is -0.508 e. The number of aliphatic hydroxyl groups excluding tert-OH is 1. The van der Waals surface area contributed by atoms with Gasteiger partial charge >= 0.3 is 0 Å². The molecule has 3 N–H and O–H groups in total. The molecule has 0 fully saturated rings. The van der Waals surface area contributed by atoms with Crippen molar-refractivity contribution in [3.05, 3.63) is 28.2 Å². The minimum atomic E-state index is 0.165. The van der Waals surface area contributed by atoms with Crippen molar-refractivity contribution in [1.29, 1.82) is 0 Å². The molecule has 0 aliphatic heterocycles. The molecule has 0 heterocycles. The molecule has 1 aromatic carbocycles. The van der Waals surface area contributed by atoms with Gasteiger partial charge in [-0.2, -0.15) is 0 Å². The summed E-state index contributed by atoms with van der Waals surface area (Å²) in [4.78, 5) is 0. The highest BCUT2D eigenvalue weighted by molar-refractivity contribution is 9.10. The Bertz CT molecular complexity index is 344. The molecule has 0 aromatic heterocycles. The Kier molecular flexibility index (Phi) is 5.25. The van der Waals surface area contributed by atoms with E-state index in [-0.39, 0.29) is 18.6 Å². The van der Waals surface area contributed by atoms with Crippen LogP contribution in [0.3, 0.4) is 0 Å². The third-order valence-electron chi connectivity index (χ3n) is 2.80. The van der Waals surface area contributed by atoms with Gasteiger partial charge in [0.15, 0.2) is 0 Å². The van der Waals surface area contributed by atoms with Crippen molar-refractivity contribution < 1.29 is 10.2 Å². The highest BCUT2D eigenvalue weighted by Crippen LogP contribution is 2.21. The summed E-state index contributed by atoms with van der Waals surface area (Å²) in [5, 5.41) is 21.9. The Hall–Kier alpha value is -0.580. The van der Waals surface area contributed by atoms with Gasteiger partial charge in [-0.1, -0.05) is 22.9 Å². The number of phenols is 1. The van der Waals surface area contributed by atoms with Gasteiger partial charge in [-0.25, -0.2) is 0 Å². The van der Waals surface area contributed by atoms with Crippen LogP contribution in [-0.2, 0) is 6.54 Å². The van der Waals surface area contributed by atoms with Crippen molar-refractivity contribution in [3.63, 3.8) is 0 Å². The van der Waals surface area contributed by atoms with Crippen molar-refractivity contribution >= 4 is 15.9 Å². The van der Waals surface area contributed by atoms with E-state index in [0.717, 1.165) is 10.0 Å². The number of hydrogen-bond donors (Lipinski definition) is 3. The Labute approximate surface area is 105 Å². The summed E-state index contributed by atoms with van der Waals surface area (Å²) < 4.78 is 0.949. The lowest BCUT2D eigenvalue weighted by Crippen LogP contribution is -2.33. The fourth-order valence-electron chi connectivity index (χ4n) is 1.33. The Morgan fingerprint density at radius 2 is 2.06 bits per heavy atom. The molecule has 16 heavy (non-hydrogen) atoms. The normalized spacial score (nSPS) is 14.8. The fraction of sp³-hybridized carbons (Fsp3) is 0.500.